The van der Waals surface area contributed by atoms with E-state index in [0.29, 0.717) is 5.92 Å². The van der Waals surface area contributed by atoms with Crippen molar-refractivity contribution in [2.24, 2.45) is 5.92 Å². The average molecular weight is 243 g/mol. The summed E-state index contributed by atoms with van der Waals surface area (Å²) in [7, 11) is 0. The molecule has 0 radical (unpaired) electrons. The van der Waals surface area contributed by atoms with E-state index in [1.54, 1.807) is 0 Å². The average Bonchev–Trinajstić information content (AvgIpc) is 2.68. The van der Waals surface area contributed by atoms with Gasteiger partial charge >= 0.3 is 0 Å². The summed E-state index contributed by atoms with van der Waals surface area (Å²) in [6, 6.07) is 8.29. The van der Waals surface area contributed by atoms with Gasteiger partial charge in [0.15, 0.2) is 0 Å². The molecule has 0 bridgehead atoms. The van der Waals surface area contributed by atoms with Crippen molar-refractivity contribution < 1.29 is 0 Å². The van der Waals surface area contributed by atoms with Gasteiger partial charge in [0, 0.05) is 18.3 Å². The maximum atomic E-state index is 6.05. The van der Waals surface area contributed by atoms with Crippen LogP contribution in [0.1, 0.15) is 25.8 Å². The molecule has 0 unspecified atom stereocenters. The lowest BCUT2D eigenvalue weighted by molar-refractivity contribution is 0.488. The second kappa shape index (κ2) is 5.25. The number of nitrogens with zero attached hydrogens (tertiary/aromatic N) is 2. The van der Waals surface area contributed by atoms with Crippen molar-refractivity contribution in [1.29, 1.82) is 0 Å². The van der Waals surface area contributed by atoms with E-state index in [4.69, 9.17) is 5.73 Å². The fraction of sp³-hybridized carbons (Fsp3) is 0.400. The predicted molar refractivity (Wildman–Crippen MR) is 76.3 cm³/mol. The third-order valence-corrected chi connectivity index (χ3v) is 3.02. The molecule has 96 valence electrons. The molecule has 1 aromatic carbocycles. The van der Waals surface area contributed by atoms with Crippen LogP contribution in [-0.4, -0.2) is 9.78 Å². The lowest BCUT2D eigenvalue weighted by Crippen LogP contribution is -2.02. The van der Waals surface area contributed by atoms with Crippen LogP contribution in [-0.2, 0) is 6.54 Å². The Labute approximate surface area is 109 Å². The van der Waals surface area contributed by atoms with Crippen molar-refractivity contribution in [1.82, 2.24) is 9.78 Å². The standard InChI is InChI=1S/C15H21N3/c1-11(2)7-8-18-10-14(16)15(17-18)13-6-4-5-12(3)9-13/h4-6,9-11H,7-8,16H2,1-3H3. The molecule has 0 fully saturated rings. The van der Waals surface area contributed by atoms with E-state index in [1.807, 2.05) is 16.9 Å². The number of anilines is 1. The maximum absolute atomic E-state index is 6.05. The predicted octanol–water partition coefficient (Wildman–Crippen LogP) is 3.49. The molecule has 1 heterocycles. The molecule has 0 aliphatic carbocycles. The number of aromatic nitrogens is 2. The fourth-order valence-corrected chi connectivity index (χ4v) is 1.96. The van der Waals surface area contributed by atoms with Crippen LogP contribution in [0, 0.1) is 12.8 Å². The Hall–Kier alpha value is -1.77. The Kier molecular flexibility index (Phi) is 3.70. The zero-order valence-electron chi connectivity index (χ0n) is 11.4. The van der Waals surface area contributed by atoms with Gasteiger partial charge in [-0.3, -0.25) is 4.68 Å². The highest BCUT2D eigenvalue weighted by molar-refractivity contribution is 5.72. The monoisotopic (exact) mass is 243 g/mol. The fourth-order valence-electron chi connectivity index (χ4n) is 1.96. The van der Waals surface area contributed by atoms with E-state index in [2.05, 4.69) is 44.1 Å². The first-order chi connectivity index (χ1) is 8.56. The molecule has 0 aliphatic rings. The van der Waals surface area contributed by atoms with Gasteiger partial charge in [0.25, 0.3) is 0 Å². The Balaban J connectivity index is 2.24. The number of hydrogen-bond acceptors (Lipinski definition) is 2. The summed E-state index contributed by atoms with van der Waals surface area (Å²) in [5.74, 6) is 0.679. The van der Waals surface area contributed by atoms with Crippen LogP contribution in [0.5, 0.6) is 0 Å². The van der Waals surface area contributed by atoms with Crippen molar-refractivity contribution in [3.05, 3.63) is 36.0 Å². The first kappa shape index (κ1) is 12.7. The number of nitrogen functional groups attached to an aromatic ring is 1. The second-order valence-corrected chi connectivity index (χ2v) is 5.25. The molecular weight excluding hydrogens is 222 g/mol. The minimum Gasteiger partial charge on any atom is -0.396 e. The van der Waals surface area contributed by atoms with Crippen LogP contribution in [0.3, 0.4) is 0 Å². The van der Waals surface area contributed by atoms with Crippen LogP contribution in [0.25, 0.3) is 11.3 Å². The number of aryl methyl sites for hydroxylation is 2. The summed E-state index contributed by atoms with van der Waals surface area (Å²) in [6.45, 7) is 7.44. The van der Waals surface area contributed by atoms with Gasteiger partial charge in [-0.15, -0.1) is 0 Å². The summed E-state index contributed by atoms with van der Waals surface area (Å²) in [4.78, 5) is 0. The first-order valence-corrected chi connectivity index (χ1v) is 6.46. The third-order valence-electron chi connectivity index (χ3n) is 3.02. The van der Waals surface area contributed by atoms with Crippen LogP contribution in [0.2, 0.25) is 0 Å². The van der Waals surface area contributed by atoms with Gasteiger partial charge in [-0.1, -0.05) is 37.6 Å². The molecule has 0 saturated heterocycles. The Morgan fingerprint density at radius 3 is 2.78 bits per heavy atom. The van der Waals surface area contributed by atoms with Crippen molar-refractivity contribution in [2.75, 3.05) is 5.73 Å². The van der Waals surface area contributed by atoms with E-state index < -0.39 is 0 Å². The molecule has 2 rings (SSSR count). The van der Waals surface area contributed by atoms with Gasteiger partial charge in [-0.25, -0.2) is 0 Å². The van der Waals surface area contributed by atoms with Crippen LogP contribution in [0.4, 0.5) is 5.69 Å². The molecule has 2 N–H and O–H groups in total. The highest BCUT2D eigenvalue weighted by Gasteiger charge is 2.08. The van der Waals surface area contributed by atoms with Gasteiger partial charge < -0.3 is 5.73 Å². The first-order valence-electron chi connectivity index (χ1n) is 6.46. The van der Waals surface area contributed by atoms with E-state index in [0.717, 1.165) is 29.9 Å². The normalized spacial score (nSPS) is 11.1. The topological polar surface area (TPSA) is 43.8 Å². The van der Waals surface area contributed by atoms with Crippen LogP contribution in [0.15, 0.2) is 30.5 Å². The molecule has 18 heavy (non-hydrogen) atoms. The van der Waals surface area contributed by atoms with E-state index in [9.17, 15) is 0 Å². The molecule has 1 aromatic heterocycles. The number of nitrogens with two attached hydrogens (primary N) is 1. The minimum absolute atomic E-state index is 0.679. The molecule has 3 heteroatoms. The van der Waals surface area contributed by atoms with Gasteiger partial charge in [0.2, 0.25) is 0 Å². The maximum Gasteiger partial charge on any atom is 0.115 e. The van der Waals surface area contributed by atoms with Crippen molar-refractivity contribution in [3.63, 3.8) is 0 Å². The summed E-state index contributed by atoms with van der Waals surface area (Å²) in [6.07, 6.45) is 3.05. The van der Waals surface area contributed by atoms with E-state index in [1.165, 1.54) is 5.56 Å². The highest BCUT2D eigenvalue weighted by atomic mass is 15.3. The number of hydrogen-bond donors (Lipinski definition) is 1. The highest BCUT2D eigenvalue weighted by Crippen LogP contribution is 2.24. The summed E-state index contributed by atoms with van der Waals surface area (Å²) in [5, 5.41) is 4.58. The zero-order chi connectivity index (χ0) is 13.1. The van der Waals surface area contributed by atoms with Gasteiger partial charge in [-0.2, -0.15) is 5.10 Å². The Morgan fingerprint density at radius 1 is 1.33 bits per heavy atom. The number of rotatable bonds is 4. The van der Waals surface area contributed by atoms with Crippen molar-refractivity contribution >= 4 is 5.69 Å². The largest absolute Gasteiger partial charge is 0.396 e. The molecule has 0 aliphatic heterocycles. The SMILES string of the molecule is Cc1cccc(-c2nn(CCC(C)C)cc2N)c1. The third kappa shape index (κ3) is 2.92. The van der Waals surface area contributed by atoms with Crippen molar-refractivity contribution in [3.8, 4) is 11.3 Å². The van der Waals surface area contributed by atoms with Gasteiger partial charge in [-0.05, 0) is 25.3 Å². The Bertz CT molecular complexity index is 526. The van der Waals surface area contributed by atoms with Crippen LogP contribution >= 0.6 is 0 Å². The summed E-state index contributed by atoms with van der Waals surface area (Å²) >= 11 is 0. The molecule has 0 amide bonds. The quantitative estimate of drug-likeness (QED) is 0.893. The smallest absolute Gasteiger partial charge is 0.115 e. The molecular formula is C15H21N3. The molecule has 3 nitrogen and oxygen atoms in total. The zero-order valence-corrected chi connectivity index (χ0v) is 11.4. The molecule has 2 aromatic rings. The second-order valence-electron chi connectivity index (χ2n) is 5.25. The van der Waals surface area contributed by atoms with Crippen molar-refractivity contribution in [2.45, 2.75) is 33.7 Å². The Morgan fingerprint density at radius 2 is 2.11 bits per heavy atom. The lowest BCUT2D eigenvalue weighted by Gasteiger charge is -2.04. The van der Waals surface area contributed by atoms with E-state index in [-0.39, 0.29) is 0 Å². The number of benzene rings is 1. The molecule has 0 spiro atoms. The van der Waals surface area contributed by atoms with Gasteiger partial charge in [0.1, 0.15) is 5.69 Å². The summed E-state index contributed by atoms with van der Waals surface area (Å²) < 4.78 is 1.95. The van der Waals surface area contributed by atoms with Crippen LogP contribution < -0.4 is 5.73 Å². The van der Waals surface area contributed by atoms with Gasteiger partial charge in [0.05, 0.1) is 5.69 Å². The minimum atomic E-state index is 0.679. The van der Waals surface area contributed by atoms with E-state index >= 15 is 0 Å². The molecule has 0 saturated carbocycles. The summed E-state index contributed by atoms with van der Waals surface area (Å²) in [5.41, 5.74) is 10.0. The lowest BCUT2D eigenvalue weighted by atomic mass is 10.1. The molecule has 0 atom stereocenters.